The van der Waals surface area contributed by atoms with Gasteiger partial charge in [0.25, 0.3) is 5.52 Å². The van der Waals surface area contributed by atoms with Gasteiger partial charge in [-0.2, -0.15) is 21.6 Å². The van der Waals surface area contributed by atoms with E-state index < -0.39 is 21.9 Å². The molecule has 12 heteroatoms. The number of alkyl halides is 3. The van der Waals surface area contributed by atoms with E-state index in [0.717, 1.165) is 30.5 Å². The highest BCUT2D eigenvalue weighted by atomic mass is 32.2. The lowest BCUT2D eigenvalue weighted by Gasteiger charge is -2.14. The Bertz CT molecular complexity index is 1860. The lowest BCUT2D eigenvalue weighted by Crippen LogP contribution is -2.45. The summed E-state index contributed by atoms with van der Waals surface area (Å²) in [4.78, 5) is 13.4. The molecular weight excluding hydrogens is 555 g/mol. The van der Waals surface area contributed by atoms with Crippen molar-refractivity contribution >= 4 is 32.7 Å². The summed E-state index contributed by atoms with van der Waals surface area (Å²) in [6.45, 7) is 1.80. The van der Waals surface area contributed by atoms with Crippen molar-refractivity contribution < 1.29 is 30.6 Å². The van der Waals surface area contributed by atoms with Crippen LogP contribution in [0.1, 0.15) is 35.7 Å². The van der Waals surface area contributed by atoms with E-state index in [9.17, 15) is 21.6 Å². The van der Waals surface area contributed by atoms with Gasteiger partial charge in [0.15, 0.2) is 0 Å². The largest absolute Gasteiger partial charge is 0.417 e. The van der Waals surface area contributed by atoms with E-state index >= 15 is 0 Å². The molecule has 0 unspecified atom stereocenters. The van der Waals surface area contributed by atoms with Gasteiger partial charge in [0, 0.05) is 40.1 Å². The van der Waals surface area contributed by atoms with Crippen LogP contribution in [0.5, 0.6) is 0 Å². The smallest absolute Gasteiger partial charge is 0.325 e. The highest BCUT2D eigenvalue weighted by Gasteiger charge is 2.31. The van der Waals surface area contributed by atoms with Gasteiger partial charge in [0.2, 0.25) is 6.20 Å². The number of anilines is 2. The SMILES string of the molecule is Cc1c(Nc2ccc(C(F)(F)F)cn2)nc(C2CC2)nc1-c1ccc2ccc[n+](OS(=O)(=O)c3ccccc3)c2c1. The molecule has 0 saturated heterocycles. The number of fused-ring (bicyclic) bond motifs is 1. The Labute approximate surface area is 233 Å². The number of aromatic nitrogens is 4. The molecule has 0 spiro atoms. The minimum atomic E-state index is -4.49. The minimum Gasteiger partial charge on any atom is -0.325 e. The third-order valence-electron chi connectivity index (χ3n) is 6.69. The molecule has 41 heavy (non-hydrogen) atoms. The molecule has 3 heterocycles. The first kappa shape index (κ1) is 26.6. The van der Waals surface area contributed by atoms with Crippen molar-refractivity contribution in [2.24, 2.45) is 0 Å². The van der Waals surface area contributed by atoms with Gasteiger partial charge in [-0.15, -0.1) is 4.28 Å². The summed E-state index contributed by atoms with van der Waals surface area (Å²) in [5.74, 6) is 1.43. The zero-order chi connectivity index (χ0) is 28.8. The van der Waals surface area contributed by atoms with Gasteiger partial charge >= 0.3 is 16.3 Å². The van der Waals surface area contributed by atoms with Crippen molar-refractivity contribution in [3.8, 4) is 11.3 Å². The van der Waals surface area contributed by atoms with E-state index in [1.165, 1.54) is 29.1 Å². The van der Waals surface area contributed by atoms with Gasteiger partial charge in [-0.05, 0) is 56.2 Å². The number of hydrogen-bond donors (Lipinski definition) is 1. The van der Waals surface area contributed by atoms with Crippen LogP contribution < -0.4 is 14.3 Å². The molecule has 1 aliphatic carbocycles. The molecule has 0 aliphatic heterocycles. The minimum absolute atomic E-state index is 0.0222. The number of pyridine rings is 2. The van der Waals surface area contributed by atoms with Crippen LogP contribution in [-0.2, 0) is 16.3 Å². The molecule has 1 aliphatic rings. The Morgan fingerprint density at radius 2 is 1.76 bits per heavy atom. The summed E-state index contributed by atoms with van der Waals surface area (Å²) >= 11 is 0. The number of rotatable bonds is 7. The van der Waals surface area contributed by atoms with Gasteiger partial charge in [-0.3, -0.25) is 0 Å². The summed E-state index contributed by atoms with van der Waals surface area (Å²) in [6.07, 6.45) is -0.335. The van der Waals surface area contributed by atoms with Crippen LogP contribution in [-0.4, -0.2) is 23.4 Å². The standard InChI is InChI=1S/C29H23F3N5O3S/c1-18-26(35-28(20-10-11-20)36-27(18)34-25-14-13-22(17-33-25)29(30,31)32)21-12-9-19-6-5-15-37(24(19)16-21)40-41(38,39)23-7-3-2-4-8-23/h2-9,12-17,20H,10-11H2,1H3,(H,33,34,35,36)/q+1. The van der Waals surface area contributed by atoms with Crippen molar-refractivity contribution in [1.82, 2.24) is 15.0 Å². The van der Waals surface area contributed by atoms with E-state index in [2.05, 4.69) is 15.3 Å². The first-order chi connectivity index (χ1) is 19.6. The number of nitrogens with one attached hydrogen (secondary N) is 1. The summed E-state index contributed by atoms with van der Waals surface area (Å²) in [7, 11) is -4.10. The van der Waals surface area contributed by atoms with Crippen molar-refractivity contribution in [1.29, 1.82) is 0 Å². The number of nitrogens with zero attached hydrogens (tertiary/aromatic N) is 4. The van der Waals surface area contributed by atoms with Crippen LogP contribution in [0.4, 0.5) is 24.8 Å². The number of halogens is 3. The molecule has 3 aromatic heterocycles. The average molecular weight is 579 g/mol. The van der Waals surface area contributed by atoms with E-state index in [0.29, 0.717) is 34.0 Å². The maximum absolute atomic E-state index is 13.0. The van der Waals surface area contributed by atoms with Crippen LogP contribution in [0, 0.1) is 6.92 Å². The molecule has 1 N–H and O–H groups in total. The highest BCUT2D eigenvalue weighted by molar-refractivity contribution is 7.86. The van der Waals surface area contributed by atoms with Crippen LogP contribution in [0.3, 0.4) is 0 Å². The summed E-state index contributed by atoms with van der Waals surface area (Å²) in [5.41, 5.74) is 1.58. The first-order valence-corrected chi connectivity index (χ1v) is 14.1. The van der Waals surface area contributed by atoms with E-state index in [-0.39, 0.29) is 16.6 Å². The molecule has 1 fully saturated rings. The van der Waals surface area contributed by atoms with Gasteiger partial charge in [-0.1, -0.05) is 24.3 Å². The van der Waals surface area contributed by atoms with Crippen molar-refractivity contribution in [2.45, 2.75) is 36.8 Å². The molecule has 2 aromatic carbocycles. The maximum Gasteiger partial charge on any atom is 0.417 e. The van der Waals surface area contributed by atoms with Crippen molar-refractivity contribution in [2.75, 3.05) is 5.32 Å². The Kier molecular flexibility index (Phi) is 6.57. The second kappa shape index (κ2) is 10.1. The predicted octanol–water partition coefficient (Wildman–Crippen LogP) is 5.75. The second-order valence-electron chi connectivity index (χ2n) is 9.68. The molecule has 8 nitrogen and oxygen atoms in total. The average Bonchev–Trinajstić information content (AvgIpc) is 3.80. The molecule has 0 bridgehead atoms. The Morgan fingerprint density at radius 1 is 0.976 bits per heavy atom. The molecule has 6 rings (SSSR count). The second-order valence-corrected chi connectivity index (χ2v) is 11.2. The van der Waals surface area contributed by atoms with Gasteiger partial charge in [0.1, 0.15) is 22.4 Å². The summed E-state index contributed by atoms with van der Waals surface area (Å²) in [5, 5.41) is 3.78. The van der Waals surface area contributed by atoms with Gasteiger partial charge in [0.05, 0.1) is 16.6 Å². The highest BCUT2D eigenvalue weighted by Crippen LogP contribution is 2.40. The Hall–Kier alpha value is -4.58. The van der Waals surface area contributed by atoms with Crippen LogP contribution in [0.2, 0.25) is 0 Å². The van der Waals surface area contributed by atoms with Crippen LogP contribution >= 0.6 is 0 Å². The van der Waals surface area contributed by atoms with E-state index in [1.807, 2.05) is 18.2 Å². The van der Waals surface area contributed by atoms with Gasteiger partial charge in [-0.25, -0.2) is 15.0 Å². The maximum atomic E-state index is 13.0. The summed E-state index contributed by atoms with van der Waals surface area (Å²) < 4.78 is 71.5. The molecule has 0 amide bonds. The molecule has 0 radical (unpaired) electrons. The van der Waals surface area contributed by atoms with Gasteiger partial charge < -0.3 is 5.32 Å². The Balaban J connectivity index is 1.40. The quantitative estimate of drug-likeness (QED) is 0.246. The third kappa shape index (κ3) is 5.55. The monoisotopic (exact) mass is 578 g/mol. The fraction of sp³-hybridized carbons (Fsp3) is 0.172. The molecular formula is C29H23F3N5O3S+. The lowest BCUT2D eigenvalue weighted by atomic mass is 10.0. The zero-order valence-electron chi connectivity index (χ0n) is 21.6. The fourth-order valence-corrected chi connectivity index (χ4v) is 5.26. The molecule has 5 aromatic rings. The number of benzene rings is 2. The zero-order valence-corrected chi connectivity index (χ0v) is 22.4. The van der Waals surface area contributed by atoms with E-state index in [4.69, 9.17) is 9.27 Å². The molecule has 208 valence electrons. The topological polar surface area (TPSA) is 97.9 Å². The Morgan fingerprint density at radius 3 is 2.44 bits per heavy atom. The van der Waals surface area contributed by atoms with E-state index in [1.54, 1.807) is 37.3 Å². The molecule has 1 saturated carbocycles. The molecule has 0 atom stereocenters. The normalized spacial score (nSPS) is 13.8. The fourth-order valence-electron chi connectivity index (χ4n) is 4.35. The third-order valence-corrected chi connectivity index (χ3v) is 7.90. The van der Waals surface area contributed by atoms with Crippen molar-refractivity contribution in [3.63, 3.8) is 0 Å². The summed E-state index contributed by atoms with van der Waals surface area (Å²) in [6, 6.07) is 19.1. The van der Waals surface area contributed by atoms with Crippen LogP contribution in [0.15, 0.2) is 90.1 Å². The lowest BCUT2D eigenvalue weighted by molar-refractivity contribution is -0.835. The first-order valence-electron chi connectivity index (χ1n) is 12.7. The predicted molar refractivity (Wildman–Crippen MR) is 145 cm³/mol. The van der Waals surface area contributed by atoms with Crippen LogP contribution in [0.25, 0.3) is 22.2 Å². The number of hydrogen-bond acceptors (Lipinski definition) is 7. The van der Waals surface area contributed by atoms with Crippen molar-refractivity contribution in [3.05, 3.63) is 102 Å².